The molecule has 0 saturated heterocycles. The van der Waals surface area contributed by atoms with Crippen molar-refractivity contribution in [1.82, 2.24) is 0 Å². The van der Waals surface area contributed by atoms with Crippen LogP contribution >= 0.6 is 0 Å². The van der Waals surface area contributed by atoms with Crippen LogP contribution in [0.1, 0.15) is 13.8 Å². The smallest absolute Gasteiger partial charge is 0.744 e. The van der Waals surface area contributed by atoms with E-state index in [0.717, 1.165) is 34.3 Å². The molecular weight excluding hydrogens is 739 g/mol. The molecule has 20 heteroatoms. The third-order valence-electron chi connectivity index (χ3n) is 6.34. The van der Waals surface area contributed by atoms with Gasteiger partial charge in [-0.25, -0.2) is 26.4 Å². The molecule has 0 aliphatic carbocycles. The number of hydrogen-bond donors (Lipinski definition) is 0. The largest absolute Gasteiger partial charge is 1.00 e. The van der Waals surface area contributed by atoms with Gasteiger partial charge in [-0.05, 0) is 68.5 Å². The number of anilines is 2. The van der Waals surface area contributed by atoms with Crippen molar-refractivity contribution >= 4 is 66.8 Å². The van der Waals surface area contributed by atoms with Crippen LogP contribution in [-0.4, -0.2) is 74.3 Å². The molecule has 2 aromatic rings. The van der Waals surface area contributed by atoms with Crippen LogP contribution in [0.25, 0.3) is 0 Å². The first-order valence-corrected chi connectivity index (χ1v) is 16.4. The second-order valence-electron chi connectivity index (χ2n) is 9.37. The van der Waals surface area contributed by atoms with E-state index in [1.807, 2.05) is 0 Å². The Balaban J connectivity index is 0.00000417. The van der Waals surface area contributed by atoms with E-state index in [2.05, 4.69) is 10.2 Å². The molecule has 0 spiro atoms. The van der Waals surface area contributed by atoms with Gasteiger partial charge in [-0.3, -0.25) is 9.59 Å². The molecule has 1 unspecified atom stereocenters. The fraction of sp³-hybridized carbons (Fsp3) is 0.172. The van der Waals surface area contributed by atoms with Crippen molar-refractivity contribution in [3.05, 3.63) is 84.5 Å². The third-order valence-corrected chi connectivity index (χ3v) is 8.04. The number of nitrogens with zero attached hydrogens (tertiary/aromatic N) is 4. The van der Waals surface area contributed by atoms with Crippen molar-refractivity contribution in [3.8, 4) is 0 Å². The van der Waals surface area contributed by atoms with Crippen LogP contribution in [0.2, 0.25) is 0 Å². The predicted molar refractivity (Wildman–Crippen MR) is 162 cm³/mol. The van der Waals surface area contributed by atoms with Gasteiger partial charge in [0, 0.05) is 0 Å². The average molecular weight is 763 g/mol. The fourth-order valence-electron chi connectivity index (χ4n) is 4.19. The summed E-state index contributed by atoms with van der Waals surface area (Å²) in [5, 5.41) is 9.76. The van der Waals surface area contributed by atoms with Crippen molar-refractivity contribution in [1.29, 1.82) is 0 Å². The Hall–Kier alpha value is -2.03. The summed E-state index contributed by atoms with van der Waals surface area (Å²) in [6, 6.07) is 8.66. The number of hydrazone groups is 2. The summed E-state index contributed by atoms with van der Waals surface area (Å²) in [7, 11) is -9.47. The maximum atomic E-state index is 13.2. The molecule has 0 aromatic heterocycles. The maximum absolute atomic E-state index is 13.2. The molecule has 2 aliphatic heterocycles. The van der Waals surface area contributed by atoms with Gasteiger partial charge in [-0.1, -0.05) is 24.3 Å². The number of benzene rings is 2. The summed E-state index contributed by atoms with van der Waals surface area (Å²) in [6.07, 6.45) is 6.65. The maximum Gasteiger partial charge on any atom is 1.00 e. The van der Waals surface area contributed by atoms with Crippen molar-refractivity contribution in [2.45, 2.75) is 23.6 Å². The van der Waals surface area contributed by atoms with E-state index in [0.29, 0.717) is 0 Å². The molecule has 2 aliphatic rings. The Morgan fingerprint density at radius 3 is 1.73 bits per heavy atom. The minimum Gasteiger partial charge on any atom is -0.744 e. The molecule has 1 atom stereocenters. The van der Waals surface area contributed by atoms with Crippen LogP contribution in [0.3, 0.4) is 0 Å². The molecular formula is C29H24K2N4O12S2. The molecule has 2 aromatic carbocycles. The summed E-state index contributed by atoms with van der Waals surface area (Å²) in [5.41, 5.74) is -0.653. The molecule has 16 nitrogen and oxygen atoms in total. The number of amides is 2. The Labute approximate surface area is 366 Å². The van der Waals surface area contributed by atoms with Gasteiger partial charge in [-0.2, -0.15) is 20.2 Å². The van der Waals surface area contributed by atoms with Crippen LogP contribution in [0, 0.1) is 5.92 Å². The van der Waals surface area contributed by atoms with E-state index in [-0.39, 0.29) is 144 Å². The van der Waals surface area contributed by atoms with Crippen LogP contribution in [-0.2, 0) is 48.9 Å². The van der Waals surface area contributed by atoms with E-state index in [1.54, 1.807) is 13.8 Å². The van der Waals surface area contributed by atoms with Gasteiger partial charge in [0.2, 0.25) is 0 Å². The van der Waals surface area contributed by atoms with E-state index < -0.39 is 59.7 Å². The quantitative estimate of drug-likeness (QED) is 0.0692. The topological polar surface area (TPSA) is 232 Å². The zero-order valence-electron chi connectivity index (χ0n) is 26.5. The number of ether oxygens (including phenoxy) is 2. The van der Waals surface area contributed by atoms with E-state index in [9.17, 15) is 45.1 Å². The van der Waals surface area contributed by atoms with Gasteiger partial charge < -0.3 is 18.6 Å². The number of esters is 2. The third kappa shape index (κ3) is 10.5. The summed E-state index contributed by atoms with van der Waals surface area (Å²) < 4.78 is 77.5. The van der Waals surface area contributed by atoms with Crippen LogP contribution < -0.4 is 113 Å². The summed E-state index contributed by atoms with van der Waals surface area (Å²) >= 11 is 0. The van der Waals surface area contributed by atoms with E-state index in [1.165, 1.54) is 54.6 Å². The average Bonchev–Trinajstić information content (AvgIpc) is 3.52. The second kappa shape index (κ2) is 18.5. The van der Waals surface area contributed by atoms with Crippen molar-refractivity contribution in [2.24, 2.45) is 16.1 Å². The molecule has 4 rings (SSSR count). The molecule has 0 radical (unpaired) electrons. The van der Waals surface area contributed by atoms with Crippen LogP contribution in [0.15, 0.2) is 104 Å². The molecule has 0 N–H and O–H groups in total. The van der Waals surface area contributed by atoms with Crippen molar-refractivity contribution < 1.29 is 157 Å². The fourth-order valence-corrected chi connectivity index (χ4v) is 5.13. The first-order valence-electron chi connectivity index (χ1n) is 13.5. The first kappa shape index (κ1) is 43.1. The molecule has 0 fully saturated rings. The number of carbonyl (C=O) groups is 4. The Bertz CT molecular complexity index is 1990. The Kier molecular flexibility index (Phi) is 16.3. The first-order chi connectivity index (χ1) is 22.2. The van der Waals surface area contributed by atoms with Gasteiger partial charge in [0.15, 0.2) is 11.4 Å². The van der Waals surface area contributed by atoms with Crippen molar-refractivity contribution in [3.63, 3.8) is 0 Å². The van der Waals surface area contributed by atoms with Crippen molar-refractivity contribution in [2.75, 3.05) is 23.2 Å². The monoisotopic (exact) mass is 762 g/mol. The van der Waals surface area contributed by atoms with Gasteiger partial charge in [0.25, 0.3) is 11.8 Å². The predicted octanol–water partition coefficient (Wildman–Crippen LogP) is -4.61. The van der Waals surface area contributed by atoms with Crippen LogP contribution in [0.5, 0.6) is 0 Å². The minimum atomic E-state index is -4.74. The molecule has 2 amide bonds. The number of hydrogen-bond acceptors (Lipinski definition) is 14. The number of rotatable bonds is 11. The second-order valence-corrected chi connectivity index (χ2v) is 12.1. The molecule has 0 saturated carbocycles. The molecule has 2 heterocycles. The Morgan fingerprint density at radius 2 is 1.24 bits per heavy atom. The standard InChI is InChI=1S/C29H26N4O12S2.2K/c1-3-44-28(36)24-22(26(34)32(30-24)18-10-14-20(15-11-18)46(38,39)40)8-6-5-7-9-23-25(29(37)45-4-2)31-33(27(23)35)19-12-16-21(17-13-19)47(41,42)43;;/h5-17,22H,3-4H2,1-2H3,(H,38,39,40)(H,41,42,43);;/q;2*+1/p-2. The minimum absolute atomic E-state index is 0. The zero-order chi connectivity index (χ0) is 34.5. The van der Waals surface area contributed by atoms with E-state index in [4.69, 9.17) is 9.47 Å². The SMILES string of the molecule is CCOC(=O)C1=NN(c2ccc(S(=O)(=O)[O-])cc2)C(=O)C1=CC=CC=CC1C(=O)N(c2ccc(S(=O)(=O)[O-])cc2)N=C1C(=O)OCC.[K+].[K+]. The molecule has 49 heavy (non-hydrogen) atoms. The van der Waals surface area contributed by atoms with E-state index >= 15 is 0 Å². The normalized spacial score (nSPS) is 17.2. The van der Waals surface area contributed by atoms with Crippen LogP contribution in [0.4, 0.5) is 11.4 Å². The summed E-state index contributed by atoms with van der Waals surface area (Å²) in [5.74, 6) is -4.48. The van der Waals surface area contributed by atoms with Gasteiger partial charge >= 0.3 is 115 Å². The summed E-state index contributed by atoms with van der Waals surface area (Å²) in [6.45, 7) is 3.08. The number of carbonyl (C=O) groups excluding carboxylic acids is 4. The zero-order valence-corrected chi connectivity index (χ0v) is 34.4. The number of allylic oxidation sites excluding steroid dienone is 4. The Morgan fingerprint density at radius 1 is 0.755 bits per heavy atom. The summed E-state index contributed by atoms with van der Waals surface area (Å²) in [4.78, 5) is 50.5. The molecule has 0 bridgehead atoms. The van der Waals surface area contributed by atoms with Gasteiger partial charge in [0.05, 0.1) is 40.0 Å². The van der Waals surface area contributed by atoms with Gasteiger partial charge in [0.1, 0.15) is 26.2 Å². The molecule has 246 valence electrons. The van der Waals surface area contributed by atoms with Gasteiger partial charge in [-0.15, -0.1) is 0 Å².